The zero-order valence-corrected chi connectivity index (χ0v) is 19.6. The van der Waals surface area contributed by atoms with Gasteiger partial charge in [-0.2, -0.15) is 26.3 Å². The molecule has 0 saturated carbocycles. The Bertz CT molecular complexity index is 1020. The smallest absolute Gasteiger partial charge is 0.416 e. The molecule has 0 bridgehead atoms. The first kappa shape index (κ1) is 27.0. The maximum absolute atomic E-state index is 13.8. The van der Waals surface area contributed by atoms with Gasteiger partial charge in [0.2, 0.25) is 0 Å². The quantitative estimate of drug-likeness (QED) is 0.397. The number of rotatable bonds is 7. The number of piperidine rings is 1. The Morgan fingerprint density at radius 2 is 1.66 bits per heavy atom. The molecular weight excluding hydrogens is 472 g/mol. The van der Waals surface area contributed by atoms with Gasteiger partial charge in [0.25, 0.3) is 0 Å². The number of benzene rings is 2. The summed E-state index contributed by atoms with van der Waals surface area (Å²) in [6.45, 7) is 3.50. The van der Waals surface area contributed by atoms with Crippen LogP contribution < -0.4 is 0 Å². The van der Waals surface area contributed by atoms with E-state index in [1.54, 1.807) is 0 Å². The Morgan fingerprint density at radius 3 is 2.20 bits per heavy atom. The van der Waals surface area contributed by atoms with Crippen LogP contribution in [0.25, 0.3) is 0 Å². The van der Waals surface area contributed by atoms with E-state index >= 15 is 0 Å². The van der Waals surface area contributed by atoms with Gasteiger partial charge in [-0.05, 0) is 61.4 Å². The van der Waals surface area contributed by atoms with Gasteiger partial charge in [0, 0.05) is 25.0 Å². The lowest BCUT2D eigenvalue weighted by Gasteiger charge is -2.46. The number of aryl methyl sites for hydroxylation is 1. The number of halogens is 6. The molecule has 1 aliphatic heterocycles. The van der Waals surface area contributed by atoms with Gasteiger partial charge in [-0.25, -0.2) is 0 Å². The summed E-state index contributed by atoms with van der Waals surface area (Å²) in [5, 5.41) is 9.36. The van der Waals surface area contributed by atoms with Crippen molar-refractivity contribution in [1.29, 1.82) is 0 Å². The van der Waals surface area contributed by atoms with Gasteiger partial charge in [-0.15, -0.1) is 0 Å². The van der Waals surface area contributed by atoms with Crippen molar-refractivity contribution in [1.82, 2.24) is 4.90 Å². The molecular formula is C26H29F6NO2. The summed E-state index contributed by atoms with van der Waals surface area (Å²) in [4.78, 5) is 13.3. The maximum atomic E-state index is 13.8. The first-order chi connectivity index (χ1) is 16.3. The third kappa shape index (κ3) is 6.78. The first-order valence-electron chi connectivity index (χ1n) is 11.6. The molecule has 0 aliphatic carbocycles. The van der Waals surface area contributed by atoms with Crippen molar-refractivity contribution in [3.63, 3.8) is 0 Å². The second-order valence-electron chi connectivity index (χ2n) is 9.34. The zero-order valence-electron chi connectivity index (χ0n) is 19.6. The molecule has 0 spiro atoms. The number of hydrogen-bond acceptors (Lipinski definition) is 2. The van der Waals surface area contributed by atoms with E-state index in [2.05, 4.69) is 0 Å². The highest BCUT2D eigenvalue weighted by Crippen LogP contribution is 2.43. The normalized spacial score (nSPS) is 21.8. The van der Waals surface area contributed by atoms with Gasteiger partial charge in [0.15, 0.2) is 0 Å². The highest BCUT2D eigenvalue weighted by molar-refractivity contribution is 5.67. The molecule has 0 unspecified atom stereocenters. The predicted octanol–water partition coefficient (Wildman–Crippen LogP) is 7.63. The van der Waals surface area contributed by atoms with Gasteiger partial charge in [0.05, 0.1) is 11.1 Å². The van der Waals surface area contributed by atoms with Gasteiger partial charge in [-0.1, -0.05) is 43.2 Å². The second-order valence-corrected chi connectivity index (χ2v) is 9.34. The molecule has 1 heterocycles. The monoisotopic (exact) mass is 501 g/mol. The van der Waals surface area contributed by atoms with Gasteiger partial charge < -0.3 is 5.11 Å². The number of aliphatic carboxylic acids is 1. The largest absolute Gasteiger partial charge is 0.481 e. The van der Waals surface area contributed by atoms with Crippen LogP contribution in [0.3, 0.4) is 0 Å². The minimum absolute atomic E-state index is 0.0617. The van der Waals surface area contributed by atoms with E-state index in [0.717, 1.165) is 11.1 Å². The Morgan fingerprint density at radius 1 is 1.00 bits per heavy atom. The average molecular weight is 502 g/mol. The lowest BCUT2D eigenvalue weighted by molar-refractivity contribution is -0.142. The fraction of sp³-hybridized carbons (Fsp3) is 0.500. The van der Waals surface area contributed by atoms with Crippen molar-refractivity contribution >= 4 is 5.97 Å². The summed E-state index contributed by atoms with van der Waals surface area (Å²) in [6.07, 6.45) is -7.48. The van der Waals surface area contributed by atoms with Crippen molar-refractivity contribution in [3.05, 3.63) is 70.3 Å². The van der Waals surface area contributed by atoms with E-state index in [4.69, 9.17) is 0 Å². The fourth-order valence-corrected chi connectivity index (χ4v) is 5.08. The van der Waals surface area contributed by atoms with Crippen molar-refractivity contribution in [3.8, 4) is 0 Å². The van der Waals surface area contributed by atoms with Crippen LogP contribution in [0.4, 0.5) is 26.3 Å². The van der Waals surface area contributed by atoms with Crippen LogP contribution in [0, 0.1) is 12.8 Å². The SMILES string of the molecule is CCC[C@H]1C[C@H](CC(=O)O)C[C@H](c2ccc(C)cc2)N1Cc1cc(C(F)(F)F)ccc1C(F)(F)F. The van der Waals surface area contributed by atoms with E-state index in [0.29, 0.717) is 43.9 Å². The molecule has 0 radical (unpaired) electrons. The van der Waals surface area contributed by atoms with Gasteiger partial charge in [-0.3, -0.25) is 9.69 Å². The lowest BCUT2D eigenvalue weighted by Crippen LogP contribution is -2.45. The number of nitrogens with zero attached hydrogens (tertiary/aromatic N) is 1. The number of alkyl halides is 6. The standard InChI is InChI=1S/C26H29F6NO2/c1-3-4-21-11-17(13-24(34)35)12-23(18-7-5-16(2)6-8-18)33(21)15-19-14-20(25(27,28)29)9-10-22(19)26(30,31)32/h5-10,14,17,21,23H,3-4,11-13,15H2,1-2H3,(H,34,35)/t17-,21-,23+/m0/s1. The van der Waals surface area contributed by atoms with Crippen molar-refractivity contribution in [2.24, 2.45) is 5.92 Å². The maximum Gasteiger partial charge on any atom is 0.416 e. The lowest BCUT2D eigenvalue weighted by atomic mass is 9.79. The molecule has 0 aromatic heterocycles. The summed E-state index contributed by atoms with van der Waals surface area (Å²) in [5.41, 5.74) is -0.841. The van der Waals surface area contributed by atoms with Crippen molar-refractivity contribution < 1.29 is 36.2 Å². The predicted molar refractivity (Wildman–Crippen MR) is 120 cm³/mol. The van der Waals surface area contributed by atoms with Crippen LogP contribution in [0.5, 0.6) is 0 Å². The molecule has 3 nitrogen and oxygen atoms in total. The van der Waals surface area contributed by atoms with Crippen LogP contribution >= 0.6 is 0 Å². The summed E-state index contributed by atoms with van der Waals surface area (Å²) >= 11 is 0. The molecule has 0 amide bonds. The molecule has 9 heteroatoms. The molecule has 1 fully saturated rings. The van der Waals surface area contributed by atoms with E-state index in [-0.39, 0.29) is 24.9 Å². The van der Waals surface area contributed by atoms with E-state index in [9.17, 15) is 36.2 Å². The summed E-state index contributed by atoms with van der Waals surface area (Å²) in [7, 11) is 0. The molecule has 192 valence electrons. The summed E-state index contributed by atoms with van der Waals surface area (Å²) < 4.78 is 81.5. The Kier molecular flexibility index (Phi) is 8.19. The van der Waals surface area contributed by atoms with Crippen LogP contribution in [0.1, 0.15) is 72.9 Å². The zero-order chi connectivity index (χ0) is 26.0. The number of carboxylic acids is 1. The Balaban J connectivity index is 2.09. The van der Waals surface area contributed by atoms with E-state index < -0.39 is 41.1 Å². The third-order valence-electron chi connectivity index (χ3n) is 6.67. The van der Waals surface area contributed by atoms with Gasteiger partial charge >= 0.3 is 18.3 Å². The first-order valence-corrected chi connectivity index (χ1v) is 11.6. The molecule has 3 rings (SSSR count). The molecule has 1 N–H and O–H groups in total. The summed E-state index contributed by atoms with van der Waals surface area (Å²) in [6, 6.07) is 8.34. The number of carboxylic acid groups (broad SMARTS) is 1. The second kappa shape index (κ2) is 10.6. The van der Waals surface area contributed by atoms with Crippen LogP contribution in [-0.4, -0.2) is 22.0 Å². The molecule has 1 aliphatic rings. The minimum atomic E-state index is -4.80. The highest BCUT2D eigenvalue weighted by atomic mass is 19.4. The van der Waals surface area contributed by atoms with Crippen LogP contribution in [-0.2, 0) is 23.7 Å². The van der Waals surface area contributed by atoms with E-state index in [1.165, 1.54) is 0 Å². The number of hydrogen-bond donors (Lipinski definition) is 1. The Labute approximate surface area is 200 Å². The molecule has 2 aromatic carbocycles. The average Bonchev–Trinajstić information content (AvgIpc) is 2.74. The molecule has 35 heavy (non-hydrogen) atoms. The van der Waals surface area contributed by atoms with Crippen LogP contribution in [0.15, 0.2) is 42.5 Å². The number of carbonyl (C=O) groups is 1. The van der Waals surface area contributed by atoms with Crippen molar-refractivity contribution in [2.45, 2.75) is 76.9 Å². The highest BCUT2D eigenvalue weighted by Gasteiger charge is 2.41. The third-order valence-corrected chi connectivity index (χ3v) is 6.67. The number of likely N-dealkylation sites (tertiary alicyclic amines) is 1. The molecule has 3 atom stereocenters. The van der Waals surface area contributed by atoms with Gasteiger partial charge in [0.1, 0.15) is 0 Å². The summed E-state index contributed by atoms with van der Waals surface area (Å²) in [5.74, 6) is -1.13. The minimum Gasteiger partial charge on any atom is -0.481 e. The fourth-order valence-electron chi connectivity index (χ4n) is 5.08. The molecule has 2 aromatic rings. The Hall–Kier alpha value is -2.55. The van der Waals surface area contributed by atoms with E-state index in [1.807, 2.05) is 43.0 Å². The topological polar surface area (TPSA) is 40.5 Å². The molecule has 1 saturated heterocycles. The van der Waals surface area contributed by atoms with Crippen molar-refractivity contribution in [2.75, 3.05) is 0 Å². The van der Waals surface area contributed by atoms with Crippen LogP contribution in [0.2, 0.25) is 0 Å².